The van der Waals surface area contributed by atoms with E-state index >= 15 is 0 Å². The molecule has 2 amide bonds. The monoisotopic (exact) mass is 493 g/mol. The van der Waals surface area contributed by atoms with Crippen LogP contribution in [-0.2, 0) is 11.2 Å². The zero-order valence-electron chi connectivity index (χ0n) is 15.4. The van der Waals surface area contributed by atoms with Crippen LogP contribution < -0.4 is 18.1 Å². The van der Waals surface area contributed by atoms with Gasteiger partial charge in [-0.15, -0.1) is 0 Å². The number of benzene rings is 2. The first kappa shape index (κ1) is 17.9. The van der Waals surface area contributed by atoms with Gasteiger partial charge in [-0.05, 0) is 0 Å². The first-order valence-corrected chi connectivity index (χ1v) is 14.7. The fourth-order valence-corrected chi connectivity index (χ4v) is 16.7. The van der Waals surface area contributed by atoms with Crippen LogP contribution in [-0.4, -0.2) is 46.8 Å². The fraction of sp³-hybridized carbons (Fsp3) is 0.143. The second kappa shape index (κ2) is 6.74. The van der Waals surface area contributed by atoms with E-state index in [9.17, 15) is 9.59 Å². The van der Waals surface area contributed by atoms with Gasteiger partial charge in [-0.25, -0.2) is 0 Å². The van der Waals surface area contributed by atoms with Crippen LogP contribution in [0.4, 0.5) is 4.79 Å². The molecule has 0 aliphatic carbocycles. The molecule has 0 atom stereocenters. The summed E-state index contributed by atoms with van der Waals surface area (Å²) in [6.07, 6.45) is 3.07. The van der Waals surface area contributed by atoms with E-state index < -0.39 is 21.4 Å². The number of allylic oxidation sites excluding steroid dienone is 1. The first-order valence-electron chi connectivity index (χ1n) is 8.92. The zero-order chi connectivity index (χ0) is 19.4. The summed E-state index contributed by atoms with van der Waals surface area (Å²) >= 11 is -1.58. The summed E-state index contributed by atoms with van der Waals surface area (Å²) < 4.78 is 14.9. The third-order valence-electron chi connectivity index (χ3n) is 5.47. The number of nitrogens with one attached hydrogen (secondary N) is 1. The summed E-state index contributed by atoms with van der Waals surface area (Å²) in [5, 5.41) is 2.14. The van der Waals surface area contributed by atoms with E-state index in [4.69, 9.17) is 9.47 Å². The van der Waals surface area contributed by atoms with Gasteiger partial charge >= 0.3 is 175 Å². The van der Waals surface area contributed by atoms with Crippen LogP contribution in [0.1, 0.15) is 16.7 Å². The van der Waals surface area contributed by atoms with E-state index in [2.05, 4.69) is 29.6 Å². The second-order valence-electron chi connectivity index (χ2n) is 6.90. The summed E-state index contributed by atoms with van der Waals surface area (Å²) in [7, 11) is 3.33. The van der Waals surface area contributed by atoms with Crippen molar-refractivity contribution in [1.82, 2.24) is 5.32 Å². The van der Waals surface area contributed by atoms with Crippen molar-refractivity contribution < 1.29 is 19.1 Å². The number of ether oxygens (including phenoxy) is 2. The Labute approximate surface area is 174 Å². The van der Waals surface area contributed by atoms with Gasteiger partial charge in [-0.2, -0.15) is 0 Å². The molecular formula is C21H16InNO4S. The molecule has 0 saturated carbocycles. The van der Waals surface area contributed by atoms with E-state index in [1.54, 1.807) is 14.2 Å². The summed E-state index contributed by atoms with van der Waals surface area (Å²) in [6, 6.07) is 12.2. The molecule has 3 heterocycles. The maximum atomic E-state index is 12.4. The second-order valence-corrected chi connectivity index (χ2v) is 15.9. The van der Waals surface area contributed by atoms with E-state index in [-0.39, 0.29) is 11.1 Å². The standard InChI is InChI=1S/C21H16NO4S.In/c1-25-17-10-11-18(26-2)16(12-17)9-5-8-14-6-3-4-7-15(14)13-19-20(23)22-21(24)27-19;/h3-4,7-8,10-12H,9H2,1-2H3,(H,22,23,24);. The van der Waals surface area contributed by atoms with Gasteiger partial charge < -0.3 is 0 Å². The van der Waals surface area contributed by atoms with Gasteiger partial charge in [0.05, 0.1) is 0 Å². The normalized spacial score (nSPS) is 19.2. The predicted molar refractivity (Wildman–Crippen MR) is 111 cm³/mol. The Morgan fingerprint density at radius 2 is 1.96 bits per heavy atom. The molecule has 138 valence electrons. The van der Waals surface area contributed by atoms with E-state index in [0.717, 1.165) is 44.1 Å². The Hall–Kier alpha value is -2.12. The van der Waals surface area contributed by atoms with Crippen LogP contribution in [0.5, 0.6) is 11.5 Å². The first-order chi connectivity index (χ1) is 13.6. The summed E-state index contributed by atoms with van der Waals surface area (Å²) in [5.41, 5.74) is 3.47. The molecular weight excluding hydrogens is 477 g/mol. The number of amides is 2. The molecule has 1 saturated heterocycles. The zero-order valence-corrected chi connectivity index (χ0v) is 19.5. The predicted octanol–water partition coefficient (Wildman–Crippen LogP) is 2.83. The molecule has 1 N–H and O–H groups in total. The number of carbonyl (C=O) groups is 2. The van der Waals surface area contributed by atoms with Gasteiger partial charge in [0.25, 0.3) is 0 Å². The molecule has 0 spiro atoms. The van der Waals surface area contributed by atoms with Crippen molar-refractivity contribution in [2.24, 2.45) is 0 Å². The number of imide groups is 1. The van der Waals surface area contributed by atoms with Crippen LogP contribution in [0.15, 0.2) is 44.6 Å². The third-order valence-corrected chi connectivity index (χ3v) is 16.7. The van der Waals surface area contributed by atoms with Gasteiger partial charge in [0.2, 0.25) is 0 Å². The Morgan fingerprint density at radius 3 is 2.64 bits per heavy atom. The SMILES string of the molecule is COc1ccc(OC)c(C[C]2=Cc3c4ccc[c]3[In]2/[C]4=C2\SC(=O)NC2=O)c1. The number of hydrogen-bond acceptors (Lipinski definition) is 5. The molecule has 3 aliphatic heterocycles. The van der Waals surface area contributed by atoms with Crippen LogP contribution in [0.3, 0.4) is 0 Å². The van der Waals surface area contributed by atoms with Crippen molar-refractivity contribution in [3.05, 3.63) is 61.3 Å². The van der Waals surface area contributed by atoms with E-state index in [1.165, 1.54) is 12.2 Å². The summed E-state index contributed by atoms with van der Waals surface area (Å²) in [6.45, 7) is 0. The van der Waals surface area contributed by atoms with E-state index in [0.29, 0.717) is 4.91 Å². The molecule has 5 rings (SSSR count). The van der Waals surface area contributed by atoms with Crippen LogP contribution in [0.25, 0.3) is 9.41 Å². The average Bonchev–Trinajstić information content (AvgIpc) is 3.26. The van der Waals surface area contributed by atoms with Crippen LogP contribution in [0, 0.1) is 0 Å². The number of thioether (sulfide) groups is 1. The Bertz CT molecular complexity index is 1120. The third kappa shape index (κ3) is 2.63. The molecule has 1 fully saturated rings. The molecule has 0 unspecified atom stereocenters. The van der Waals surface area contributed by atoms with Crippen molar-refractivity contribution in [3.8, 4) is 11.5 Å². The molecule has 28 heavy (non-hydrogen) atoms. The fourth-order valence-electron chi connectivity index (χ4n) is 4.33. The van der Waals surface area contributed by atoms with E-state index in [1.807, 2.05) is 18.2 Å². The molecule has 2 aromatic rings. The number of carbonyl (C=O) groups excluding carboxylic acids is 2. The molecule has 4 bridgehead atoms. The van der Waals surface area contributed by atoms with Crippen LogP contribution >= 0.6 is 11.8 Å². The van der Waals surface area contributed by atoms with Gasteiger partial charge in [0, 0.05) is 0 Å². The number of hydrogen-bond donors (Lipinski definition) is 1. The molecule has 0 radical (unpaired) electrons. The van der Waals surface area contributed by atoms with Crippen molar-refractivity contribution in [3.63, 3.8) is 0 Å². The van der Waals surface area contributed by atoms with Gasteiger partial charge in [0.15, 0.2) is 0 Å². The maximum absolute atomic E-state index is 12.4. The van der Waals surface area contributed by atoms with Gasteiger partial charge in [0.1, 0.15) is 0 Å². The Balaban J connectivity index is 1.59. The van der Waals surface area contributed by atoms with Crippen LogP contribution in [0.2, 0.25) is 0 Å². The van der Waals surface area contributed by atoms with Crippen molar-refractivity contribution in [2.45, 2.75) is 6.42 Å². The quantitative estimate of drug-likeness (QED) is 0.665. The Morgan fingerprint density at radius 1 is 1.11 bits per heavy atom. The summed E-state index contributed by atoms with van der Waals surface area (Å²) in [4.78, 5) is 24.8. The van der Waals surface area contributed by atoms with Gasteiger partial charge in [-0.1, -0.05) is 0 Å². The molecule has 0 aromatic heterocycles. The number of rotatable bonds is 4. The molecule has 2 aromatic carbocycles. The topological polar surface area (TPSA) is 64.6 Å². The molecule has 5 nitrogen and oxygen atoms in total. The minimum atomic E-state index is -2.62. The Kier molecular flexibility index (Phi) is 4.32. The molecule has 7 heteroatoms. The van der Waals surface area contributed by atoms with Crippen molar-refractivity contribution in [1.29, 1.82) is 0 Å². The minimum absolute atomic E-state index is 0.250. The van der Waals surface area contributed by atoms with Crippen molar-refractivity contribution >= 4 is 57.1 Å². The number of methoxy groups -OCH3 is 2. The summed E-state index contributed by atoms with van der Waals surface area (Å²) in [5.74, 6) is 1.38. The van der Waals surface area contributed by atoms with Crippen molar-refractivity contribution in [2.75, 3.05) is 14.2 Å². The average molecular weight is 493 g/mol. The molecule has 3 aliphatic rings. The van der Waals surface area contributed by atoms with Gasteiger partial charge in [-0.3, -0.25) is 0 Å².